The number of ether oxygens (including phenoxy) is 1. The minimum absolute atomic E-state index is 0.0619. The fraction of sp³-hybridized carbons (Fsp3) is 0.536. The number of hydrogen-bond acceptors (Lipinski definition) is 8. The Labute approximate surface area is 243 Å². The normalized spacial score (nSPS) is 22.1. The molecule has 12 heteroatoms. The molecule has 218 valence electrons. The Balaban J connectivity index is 1.23. The summed E-state index contributed by atoms with van der Waals surface area (Å²) in [5, 5.41) is 28.0. The molecule has 3 aromatic rings. The molecular formula is C28H40BrN7O4. The maximum absolute atomic E-state index is 12.3. The summed E-state index contributed by atoms with van der Waals surface area (Å²) in [6.45, 7) is 9.77. The van der Waals surface area contributed by atoms with E-state index in [0.717, 1.165) is 18.7 Å². The number of fused-ring (bicyclic) bond motifs is 1. The van der Waals surface area contributed by atoms with E-state index in [1.54, 1.807) is 10.8 Å². The van der Waals surface area contributed by atoms with Crippen molar-refractivity contribution in [1.29, 1.82) is 0 Å². The number of nitrogens with one attached hydrogen (secondary N) is 2. The molecule has 2 aromatic heterocycles. The standard InChI is InChI=1S/C28H40BrN7O4/c1-16(35(5)12-6-11-31-27(39)34-18-9-7-17(8-10-18)28(2,3)4)13-20-22(37)23(38)26(40-20)36-14-19(29)21-24(30)32-15-33-25(21)36/h7-10,14-16,20,22-23,26,37-38H,6,11-13H2,1-5H3,(H2,30,32,33)(H2,31,34,39)/t16?,20-,22-,23-,26-/m1/s1. The Morgan fingerprint density at radius 2 is 1.93 bits per heavy atom. The SMILES string of the molecule is CC(C[C@H]1O[C@@H](n2cc(Br)c3c(N)ncnc32)[C@H](O)[C@@H]1O)N(C)CCCNC(=O)Nc1ccc(C(C)(C)C)cc1. The van der Waals surface area contributed by atoms with Crippen LogP contribution in [-0.4, -0.2) is 80.2 Å². The van der Waals surface area contributed by atoms with Gasteiger partial charge in [-0.05, 0) is 72.4 Å². The molecule has 0 aliphatic carbocycles. The molecule has 4 rings (SSSR count). The number of amides is 2. The van der Waals surface area contributed by atoms with E-state index in [0.29, 0.717) is 34.3 Å². The van der Waals surface area contributed by atoms with E-state index in [4.69, 9.17) is 10.5 Å². The second kappa shape index (κ2) is 12.4. The third kappa shape index (κ3) is 6.74. The molecular weight excluding hydrogens is 578 g/mol. The number of aromatic nitrogens is 3. The summed E-state index contributed by atoms with van der Waals surface area (Å²) in [5.41, 5.74) is 8.54. The second-order valence-corrected chi connectivity index (χ2v) is 12.4. The first-order valence-corrected chi connectivity index (χ1v) is 14.3. The highest BCUT2D eigenvalue weighted by Gasteiger charge is 2.45. The smallest absolute Gasteiger partial charge is 0.319 e. The first-order valence-electron chi connectivity index (χ1n) is 13.5. The number of hydrogen-bond donors (Lipinski definition) is 5. The highest BCUT2D eigenvalue weighted by atomic mass is 79.9. The van der Waals surface area contributed by atoms with Crippen molar-refractivity contribution in [2.24, 2.45) is 0 Å². The Morgan fingerprint density at radius 3 is 2.60 bits per heavy atom. The number of nitrogens with two attached hydrogens (primary N) is 1. The molecule has 1 aliphatic rings. The zero-order chi connectivity index (χ0) is 29.2. The van der Waals surface area contributed by atoms with Gasteiger partial charge in [-0.15, -0.1) is 0 Å². The van der Waals surface area contributed by atoms with Gasteiger partial charge in [0.15, 0.2) is 6.23 Å². The van der Waals surface area contributed by atoms with E-state index in [1.165, 1.54) is 11.9 Å². The summed E-state index contributed by atoms with van der Waals surface area (Å²) >= 11 is 3.47. The number of nitrogen functional groups attached to an aromatic ring is 1. The zero-order valence-electron chi connectivity index (χ0n) is 23.6. The van der Waals surface area contributed by atoms with Crippen LogP contribution in [-0.2, 0) is 10.2 Å². The molecule has 5 atom stereocenters. The van der Waals surface area contributed by atoms with Crippen LogP contribution < -0.4 is 16.4 Å². The largest absolute Gasteiger partial charge is 0.388 e. The molecule has 3 heterocycles. The van der Waals surface area contributed by atoms with E-state index < -0.39 is 24.5 Å². The van der Waals surface area contributed by atoms with Gasteiger partial charge in [-0.25, -0.2) is 14.8 Å². The van der Waals surface area contributed by atoms with Crippen molar-refractivity contribution < 1.29 is 19.7 Å². The minimum atomic E-state index is -1.13. The molecule has 1 saturated heterocycles. The summed E-state index contributed by atoms with van der Waals surface area (Å²) in [7, 11) is 1.99. The zero-order valence-corrected chi connectivity index (χ0v) is 25.2. The summed E-state index contributed by atoms with van der Waals surface area (Å²) < 4.78 is 8.50. The first kappa shape index (κ1) is 30.2. The van der Waals surface area contributed by atoms with E-state index in [1.807, 2.05) is 38.2 Å². The number of carbonyl (C=O) groups excluding carboxylic acids is 1. The fourth-order valence-corrected chi connectivity index (χ4v) is 5.51. The Kier molecular flexibility index (Phi) is 9.36. The van der Waals surface area contributed by atoms with Gasteiger partial charge in [-0.1, -0.05) is 32.9 Å². The van der Waals surface area contributed by atoms with Crippen LogP contribution in [0.5, 0.6) is 0 Å². The average Bonchev–Trinajstić information content (AvgIpc) is 3.38. The highest BCUT2D eigenvalue weighted by Crippen LogP contribution is 2.37. The van der Waals surface area contributed by atoms with E-state index in [-0.39, 0.29) is 17.5 Å². The van der Waals surface area contributed by atoms with Gasteiger partial charge in [-0.2, -0.15) is 0 Å². The van der Waals surface area contributed by atoms with Gasteiger partial charge in [0.05, 0.1) is 11.5 Å². The molecule has 1 aromatic carbocycles. The quantitative estimate of drug-likeness (QED) is 0.228. The van der Waals surface area contributed by atoms with Gasteiger partial charge < -0.3 is 40.8 Å². The highest BCUT2D eigenvalue weighted by molar-refractivity contribution is 9.10. The van der Waals surface area contributed by atoms with Crippen molar-refractivity contribution in [2.45, 2.75) is 76.5 Å². The minimum Gasteiger partial charge on any atom is -0.388 e. The summed E-state index contributed by atoms with van der Waals surface area (Å²) in [4.78, 5) is 22.8. The van der Waals surface area contributed by atoms with Crippen LogP contribution in [0.4, 0.5) is 16.3 Å². The molecule has 0 bridgehead atoms. The summed E-state index contributed by atoms with van der Waals surface area (Å²) in [6, 6.07) is 7.71. The number of carbonyl (C=O) groups is 1. The number of anilines is 2. The Morgan fingerprint density at radius 1 is 1.23 bits per heavy atom. The summed E-state index contributed by atoms with van der Waals surface area (Å²) in [6.07, 6.45) is 0.790. The van der Waals surface area contributed by atoms with E-state index in [2.05, 4.69) is 62.2 Å². The number of halogens is 1. The maximum atomic E-state index is 12.3. The molecule has 1 aliphatic heterocycles. The molecule has 1 fully saturated rings. The lowest BCUT2D eigenvalue weighted by atomic mass is 9.87. The third-order valence-corrected chi connectivity index (χ3v) is 8.11. The molecule has 0 saturated carbocycles. The molecule has 2 amide bonds. The van der Waals surface area contributed by atoms with Crippen LogP contribution in [0.3, 0.4) is 0 Å². The van der Waals surface area contributed by atoms with Crippen LogP contribution >= 0.6 is 15.9 Å². The topological polar surface area (TPSA) is 151 Å². The van der Waals surface area contributed by atoms with Gasteiger partial charge in [0.2, 0.25) is 0 Å². The number of benzene rings is 1. The Bertz CT molecular complexity index is 1310. The Hall–Kier alpha value is -2.77. The van der Waals surface area contributed by atoms with Gasteiger partial charge in [0, 0.05) is 28.9 Å². The van der Waals surface area contributed by atoms with Crippen molar-refractivity contribution >= 4 is 44.5 Å². The van der Waals surface area contributed by atoms with Crippen molar-refractivity contribution in [2.75, 3.05) is 31.2 Å². The number of urea groups is 1. The van der Waals surface area contributed by atoms with Crippen LogP contribution in [0.1, 0.15) is 52.3 Å². The molecule has 0 spiro atoms. The van der Waals surface area contributed by atoms with Gasteiger partial charge in [-0.3, -0.25) is 0 Å². The number of aliphatic hydroxyl groups excluding tert-OH is 2. The lowest BCUT2D eigenvalue weighted by Crippen LogP contribution is -2.39. The van der Waals surface area contributed by atoms with E-state index in [9.17, 15) is 15.0 Å². The maximum Gasteiger partial charge on any atom is 0.319 e. The van der Waals surface area contributed by atoms with Crippen molar-refractivity contribution in [3.63, 3.8) is 0 Å². The summed E-state index contributed by atoms with van der Waals surface area (Å²) in [5.74, 6) is 0.317. The van der Waals surface area contributed by atoms with Gasteiger partial charge >= 0.3 is 6.03 Å². The van der Waals surface area contributed by atoms with Crippen molar-refractivity contribution in [3.8, 4) is 0 Å². The molecule has 11 nitrogen and oxygen atoms in total. The predicted molar refractivity (Wildman–Crippen MR) is 159 cm³/mol. The van der Waals surface area contributed by atoms with Gasteiger partial charge in [0.25, 0.3) is 0 Å². The van der Waals surface area contributed by atoms with E-state index >= 15 is 0 Å². The lowest BCUT2D eigenvalue weighted by molar-refractivity contribution is -0.0424. The molecule has 40 heavy (non-hydrogen) atoms. The van der Waals surface area contributed by atoms with Crippen LogP contribution in [0.2, 0.25) is 0 Å². The van der Waals surface area contributed by atoms with Crippen LogP contribution in [0.15, 0.2) is 41.3 Å². The number of nitrogens with zero attached hydrogens (tertiary/aromatic N) is 4. The average molecular weight is 619 g/mol. The van der Waals surface area contributed by atoms with Crippen LogP contribution in [0.25, 0.3) is 11.0 Å². The monoisotopic (exact) mass is 617 g/mol. The van der Waals surface area contributed by atoms with Crippen LogP contribution in [0, 0.1) is 0 Å². The second-order valence-electron chi connectivity index (χ2n) is 11.5. The predicted octanol–water partition coefficient (Wildman–Crippen LogP) is 3.61. The number of aliphatic hydroxyl groups is 2. The fourth-order valence-electron chi connectivity index (χ4n) is 4.91. The van der Waals surface area contributed by atoms with Crippen molar-refractivity contribution in [3.05, 3.63) is 46.8 Å². The number of rotatable bonds is 9. The third-order valence-electron chi connectivity index (χ3n) is 7.51. The molecule has 0 radical (unpaired) electrons. The lowest BCUT2D eigenvalue weighted by Gasteiger charge is -2.28. The van der Waals surface area contributed by atoms with Crippen molar-refractivity contribution in [1.82, 2.24) is 24.8 Å². The molecule has 1 unspecified atom stereocenters. The molecule has 6 N–H and O–H groups in total. The van der Waals surface area contributed by atoms with Gasteiger partial charge in [0.1, 0.15) is 30.0 Å². The first-order chi connectivity index (χ1) is 18.9.